The molecule has 0 rings (SSSR count). The Hall–Kier alpha value is -1.71. The molecule has 0 heterocycles. The Morgan fingerprint density at radius 3 is 0.941 bits per heavy atom. The average Bonchev–Trinajstić information content (AvgIpc) is 3.30. The molecule has 0 N–H and O–H groups in total. The quantitative estimate of drug-likeness (QED) is 0.0256. The van der Waals surface area contributed by atoms with Gasteiger partial charge in [0, 0.05) is 12.8 Å². The van der Waals surface area contributed by atoms with Crippen molar-refractivity contribution in [3.8, 4) is 0 Å². The third-order valence-corrected chi connectivity index (χ3v) is 13.6. The van der Waals surface area contributed by atoms with E-state index in [0.29, 0.717) is 17.4 Å². The van der Waals surface area contributed by atoms with Crippen LogP contribution in [-0.2, 0) is 33.3 Å². The number of rotatable bonds is 56. The zero-order chi connectivity index (χ0) is 49.9. The van der Waals surface area contributed by atoms with Crippen LogP contribution in [0.3, 0.4) is 0 Å². The Labute approximate surface area is 422 Å². The minimum absolute atomic E-state index is 0.153. The normalized spacial score (nSPS) is 12.7. The van der Waals surface area contributed by atoms with Crippen molar-refractivity contribution in [2.24, 2.45) is 0 Å². The summed E-state index contributed by atoms with van der Waals surface area (Å²) in [7, 11) is 5.93. The highest BCUT2D eigenvalue weighted by Crippen LogP contribution is 2.18. The van der Waals surface area contributed by atoms with Crippen molar-refractivity contribution in [1.82, 2.24) is 0 Å². The van der Waals surface area contributed by atoms with E-state index in [-0.39, 0.29) is 32.2 Å². The first-order valence-electron chi connectivity index (χ1n) is 29.7. The number of ether oxygens (including phenoxy) is 4. The Bertz CT molecular complexity index is 1080. The van der Waals surface area contributed by atoms with Gasteiger partial charge in [-0.25, -0.2) is 0 Å². The number of hydrogen-bond acceptors (Lipinski definition) is 8. The molecule has 0 amide bonds. The van der Waals surface area contributed by atoms with E-state index in [1.54, 1.807) is 0 Å². The number of carboxylic acid groups (broad SMARTS) is 1. The SMILES string of the molecule is CCCCCCCCCCCCCCCCCCCCCCCCCCCCCCCCCCCCC(=O)OC(COC(=O)CCCCCCCCCCC)COC(OCC[N+](C)(C)C)C(=O)[O-]. The first-order valence-corrected chi connectivity index (χ1v) is 29.7. The van der Waals surface area contributed by atoms with Gasteiger partial charge in [0.25, 0.3) is 0 Å². The van der Waals surface area contributed by atoms with Crippen LogP contribution in [0.15, 0.2) is 0 Å². The molecule has 0 radical (unpaired) electrons. The Morgan fingerprint density at radius 1 is 0.382 bits per heavy atom. The van der Waals surface area contributed by atoms with Crippen LogP contribution in [0, 0.1) is 0 Å². The number of carbonyl (C=O) groups excluding carboxylic acids is 3. The first kappa shape index (κ1) is 66.3. The summed E-state index contributed by atoms with van der Waals surface area (Å²) in [6, 6.07) is 0. The lowest BCUT2D eigenvalue weighted by Gasteiger charge is -2.26. The third kappa shape index (κ3) is 52.1. The fraction of sp³-hybridized carbons (Fsp3) is 0.949. The third-order valence-electron chi connectivity index (χ3n) is 13.6. The summed E-state index contributed by atoms with van der Waals surface area (Å²) >= 11 is 0. The highest BCUT2D eigenvalue weighted by Gasteiger charge is 2.22. The van der Waals surface area contributed by atoms with Crippen molar-refractivity contribution >= 4 is 17.9 Å². The predicted molar refractivity (Wildman–Crippen MR) is 284 cm³/mol. The summed E-state index contributed by atoms with van der Waals surface area (Å²) in [5.74, 6) is -2.26. The van der Waals surface area contributed by atoms with Gasteiger partial charge in [-0.15, -0.1) is 0 Å². The highest BCUT2D eigenvalue weighted by atomic mass is 16.7. The second-order valence-corrected chi connectivity index (χ2v) is 21.7. The van der Waals surface area contributed by atoms with Crippen molar-refractivity contribution < 1.29 is 42.9 Å². The van der Waals surface area contributed by atoms with Crippen LogP contribution in [0.2, 0.25) is 0 Å². The zero-order valence-corrected chi connectivity index (χ0v) is 46.0. The topological polar surface area (TPSA) is 111 Å². The van der Waals surface area contributed by atoms with Gasteiger partial charge in [-0.2, -0.15) is 0 Å². The summed E-state index contributed by atoms with van der Waals surface area (Å²) < 4.78 is 22.6. The molecule has 0 aromatic heterocycles. The monoisotopic (exact) mass is 966 g/mol. The molecule has 0 aromatic carbocycles. The molecular formula is C59H115NO8. The van der Waals surface area contributed by atoms with Crippen LogP contribution in [0.1, 0.15) is 303 Å². The van der Waals surface area contributed by atoms with Crippen LogP contribution >= 0.6 is 0 Å². The smallest absolute Gasteiger partial charge is 0.306 e. The molecule has 0 saturated heterocycles. The van der Waals surface area contributed by atoms with E-state index in [2.05, 4.69) is 13.8 Å². The molecule has 0 fully saturated rings. The average molecular weight is 967 g/mol. The van der Waals surface area contributed by atoms with Gasteiger partial charge in [0.15, 0.2) is 12.4 Å². The number of hydrogen-bond donors (Lipinski definition) is 0. The fourth-order valence-electron chi connectivity index (χ4n) is 9.01. The van der Waals surface area contributed by atoms with E-state index in [1.165, 1.54) is 238 Å². The lowest BCUT2D eigenvalue weighted by atomic mass is 10.0. The molecule has 9 nitrogen and oxygen atoms in total. The van der Waals surface area contributed by atoms with Crippen molar-refractivity contribution in [3.05, 3.63) is 0 Å². The number of likely N-dealkylation sites (N-methyl/N-ethyl adjacent to an activating group) is 1. The van der Waals surface area contributed by atoms with Crippen LogP contribution in [0.25, 0.3) is 0 Å². The van der Waals surface area contributed by atoms with Crippen LogP contribution in [0.4, 0.5) is 0 Å². The summed E-state index contributed by atoms with van der Waals surface area (Å²) in [5.41, 5.74) is 0. The summed E-state index contributed by atoms with van der Waals surface area (Å²) in [6.07, 6.45) is 54.9. The van der Waals surface area contributed by atoms with E-state index < -0.39 is 24.3 Å². The number of carbonyl (C=O) groups is 3. The first-order chi connectivity index (χ1) is 33.1. The van der Waals surface area contributed by atoms with Crippen molar-refractivity contribution in [2.45, 2.75) is 315 Å². The highest BCUT2D eigenvalue weighted by molar-refractivity contribution is 5.70. The molecule has 2 unspecified atom stereocenters. The Morgan fingerprint density at radius 2 is 0.662 bits per heavy atom. The molecule has 68 heavy (non-hydrogen) atoms. The van der Waals surface area contributed by atoms with E-state index in [1.807, 2.05) is 21.1 Å². The Balaban J connectivity index is 3.90. The van der Waals surface area contributed by atoms with Gasteiger partial charge in [0.05, 0.1) is 40.3 Å². The molecule has 0 aliphatic heterocycles. The number of carboxylic acids is 1. The van der Waals surface area contributed by atoms with Crippen LogP contribution in [-0.4, -0.2) is 82.3 Å². The summed E-state index contributed by atoms with van der Waals surface area (Å²) in [5, 5.41) is 11.7. The second kappa shape index (κ2) is 51.6. The Kier molecular flexibility index (Phi) is 50.3. The molecule has 0 bridgehead atoms. The number of aliphatic carboxylic acids is 1. The maximum absolute atomic E-state index is 12.8. The van der Waals surface area contributed by atoms with Crippen molar-refractivity contribution in [2.75, 3.05) is 47.5 Å². The second-order valence-electron chi connectivity index (χ2n) is 21.7. The molecule has 404 valence electrons. The molecular weight excluding hydrogens is 851 g/mol. The summed E-state index contributed by atoms with van der Waals surface area (Å²) in [4.78, 5) is 37.0. The van der Waals surface area contributed by atoms with Gasteiger partial charge in [-0.3, -0.25) is 9.59 Å². The van der Waals surface area contributed by atoms with Gasteiger partial charge >= 0.3 is 11.9 Å². The van der Waals surface area contributed by atoms with Crippen LogP contribution < -0.4 is 5.11 Å². The molecule has 0 aromatic rings. The maximum Gasteiger partial charge on any atom is 0.306 e. The van der Waals surface area contributed by atoms with E-state index in [4.69, 9.17) is 18.9 Å². The van der Waals surface area contributed by atoms with Gasteiger partial charge < -0.3 is 33.3 Å². The molecule has 0 spiro atoms. The van der Waals surface area contributed by atoms with Gasteiger partial charge in [0.1, 0.15) is 13.2 Å². The van der Waals surface area contributed by atoms with Gasteiger partial charge in [-0.05, 0) is 12.8 Å². The van der Waals surface area contributed by atoms with Gasteiger partial charge in [-0.1, -0.05) is 277 Å². The zero-order valence-electron chi connectivity index (χ0n) is 46.0. The largest absolute Gasteiger partial charge is 0.545 e. The van der Waals surface area contributed by atoms with E-state index in [0.717, 1.165) is 38.5 Å². The number of unbranched alkanes of at least 4 members (excludes halogenated alkanes) is 41. The molecule has 2 atom stereocenters. The predicted octanol–water partition coefficient (Wildman–Crippen LogP) is 15.9. The minimum atomic E-state index is -1.61. The molecule has 0 aliphatic rings. The van der Waals surface area contributed by atoms with Gasteiger partial charge in [0.2, 0.25) is 0 Å². The molecule has 0 aliphatic carbocycles. The molecule has 0 saturated carbocycles. The summed E-state index contributed by atoms with van der Waals surface area (Å²) in [6.45, 7) is 4.77. The van der Waals surface area contributed by atoms with Crippen molar-refractivity contribution in [3.63, 3.8) is 0 Å². The van der Waals surface area contributed by atoms with E-state index >= 15 is 0 Å². The lowest BCUT2D eigenvalue weighted by molar-refractivity contribution is -0.870. The fourth-order valence-corrected chi connectivity index (χ4v) is 9.01. The van der Waals surface area contributed by atoms with E-state index in [9.17, 15) is 19.5 Å². The number of nitrogens with zero attached hydrogens (tertiary/aromatic N) is 1. The molecule has 9 heteroatoms. The number of esters is 2. The van der Waals surface area contributed by atoms with Crippen LogP contribution in [0.5, 0.6) is 0 Å². The van der Waals surface area contributed by atoms with Crippen molar-refractivity contribution in [1.29, 1.82) is 0 Å². The number of quaternary nitrogens is 1. The minimum Gasteiger partial charge on any atom is -0.545 e. The maximum atomic E-state index is 12.8. The standard InChI is InChI=1S/C59H115NO8/c1-6-8-10-12-14-16-17-18-19-20-21-22-23-24-25-26-27-28-29-30-31-32-33-34-35-36-37-38-39-40-42-44-46-48-50-57(62)68-55(54-67-59(58(63)64)65-52-51-60(3,4)5)53-66-56(61)49-47-45-43-41-15-13-11-9-7-2/h55,59H,6-54H2,1-5H3. The lowest BCUT2D eigenvalue weighted by Crippen LogP contribution is -2.44.